The molecular weight excluding hydrogens is 377 g/mol. The third-order valence-corrected chi connectivity index (χ3v) is 5.19. The average molecular weight is 401 g/mol. The van der Waals surface area contributed by atoms with E-state index in [4.69, 9.17) is 4.74 Å². The summed E-state index contributed by atoms with van der Waals surface area (Å²) in [5.74, 6) is -0.218. The number of likely N-dealkylation sites (tertiary alicyclic amines) is 1. The molecule has 0 N–H and O–H groups in total. The molecule has 0 aliphatic carbocycles. The first-order valence-electron chi connectivity index (χ1n) is 7.70. The maximum atomic E-state index is 12.2. The zero-order valence-corrected chi connectivity index (χ0v) is 15.2. The number of benzene rings is 1. The van der Waals surface area contributed by atoms with Gasteiger partial charge in [-0.3, -0.25) is 4.90 Å². The second-order valence-electron chi connectivity index (χ2n) is 6.02. The van der Waals surface area contributed by atoms with Crippen LogP contribution in [0.3, 0.4) is 0 Å². The molecule has 116 valence electrons. The van der Waals surface area contributed by atoms with Crippen molar-refractivity contribution < 1.29 is 9.53 Å². The molecule has 0 radical (unpaired) electrons. The van der Waals surface area contributed by atoms with Crippen LogP contribution in [0.5, 0.6) is 0 Å². The lowest BCUT2D eigenvalue weighted by molar-refractivity contribution is 0.00803. The molecule has 1 heterocycles. The maximum Gasteiger partial charge on any atom is 0.339 e. The Morgan fingerprint density at radius 2 is 1.95 bits per heavy atom. The van der Waals surface area contributed by atoms with Crippen molar-refractivity contribution in [3.05, 3.63) is 33.4 Å². The lowest BCUT2D eigenvalue weighted by atomic mass is 9.97. The van der Waals surface area contributed by atoms with Gasteiger partial charge >= 0.3 is 5.97 Å². The summed E-state index contributed by atoms with van der Waals surface area (Å²) in [7, 11) is 0. The summed E-state index contributed by atoms with van der Waals surface area (Å²) in [6.07, 6.45) is 3.69. The van der Waals surface area contributed by atoms with Gasteiger partial charge in [-0.25, -0.2) is 4.79 Å². The molecule has 1 aliphatic rings. The molecule has 0 spiro atoms. The SMILES string of the molecule is CC(CN1C(C)CCCC1C)OC(=O)c1ccccc1I. The van der Waals surface area contributed by atoms with E-state index in [2.05, 4.69) is 41.3 Å². The largest absolute Gasteiger partial charge is 0.458 e. The minimum Gasteiger partial charge on any atom is -0.458 e. The summed E-state index contributed by atoms with van der Waals surface area (Å²) in [6, 6.07) is 8.70. The Labute approximate surface area is 141 Å². The Morgan fingerprint density at radius 3 is 2.57 bits per heavy atom. The molecule has 1 fully saturated rings. The summed E-state index contributed by atoms with van der Waals surface area (Å²) < 4.78 is 6.57. The van der Waals surface area contributed by atoms with Crippen molar-refractivity contribution in [2.45, 2.75) is 58.2 Å². The highest BCUT2D eigenvalue weighted by atomic mass is 127. The van der Waals surface area contributed by atoms with E-state index in [9.17, 15) is 4.79 Å². The fourth-order valence-corrected chi connectivity index (χ4v) is 3.65. The van der Waals surface area contributed by atoms with Gasteiger partial charge in [-0.05, 0) is 68.3 Å². The van der Waals surface area contributed by atoms with E-state index in [-0.39, 0.29) is 12.1 Å². The molecule has 1 saturated heterocycles. The van der Waals surface area contributed by atoms with E-state index >= 15 is 0 Å². The summed E-state index contributed by atoms with van der Waals surface area (Å²) in [4.78, 5) is 14.7. The molecule has 21 heavy (non-hydrogen) atoms. The molecule has 1 aromatic carbocycles. The highest BCUT2D eigenvalue weighted by Gasteiger charge is 2.27. The molecule has 0 saturated carbocycles. The average Bonchev–Trinajstić information content (AvgIpc) is 2.43. The zero-order valence-electron chi connectivity index (χ0n) is 13.0. The first-order valence-corrected chi connectivity index (χ1v) is 8.78. The molecule has 1 aliphatic heterocycles. The van der Waals surface area contributed by atoms with E-state index in [1.807, 2.05) is 31.2 Å². The zero-order chi connectivity index (χ0) is 15.4. The molecule has 0 aromatic heterocycles. The minimum absolute atomic E-state index is 0.0866. The van der Waals surface area contributed by atoms with E-state index in [0.29, 0.717) is 17.6 Å². The van der Waals surface area contributed by atoms with Crippen molar-refractivity contribution in [1.29, 1.82) is 0 Å². The first-order chi connectivity index (χ1) is 9.99. The fraction of sp³-hybridized carbons (Fsp3) is 0.588. The number of halogens is 1. The fourth-order valence-electron chi connectivity index (χ4n) is 3.04. The van der Waals surface area contributed by atoms with Crippen molar-refractivity contribution in [3.8, 4) is 0 Å². The molecule has 3 unspecified atom stereocenters. The number of hydrogen-bond acceptors (Lipinski definition) is 3. The number of hydrogen-bond donors (Lipinski definition) is 0. The van der Waals surface area contributed by atoms with E-state index in [1.165, 1.54) is 19.3 Å². The van der Waals surface area contributed by atoms with Gasteiger partial charge in [0.15, 0.2) is 0 Å². The molecule has 1 aromatic rings. The van der Waals surface area contributed by atoms with Gasteiger partial charge in [0, 0.05) is 22.2 Å². The van der Waals surface area contributed by atoms with Crippen LogP contribution >= 0.6 is 22.6 Å². The van der Waals surface area contributed by atoms with Gasteiger partial charge in [-0.1, -0.05) is 18.6 Å². The standard InChI is InChI=1S/C17H24INO2/c1-12-7-6-8-13(2)19(12)11-14(3)21-17(20)15-9-4-5-10-16(15)18/h4-5,9-10,12-14H,6-8,11H2,1-3H3. The number of carbonyl (C=O) groups is 1. The number of ether oxygens (including phenoxy) is 1. The van der Waals surface area contributed by atoms with Gasteiger partial charge in [0.2, 0.25) is 0 Å². The Balaban J connectivity index is 1.93. The van der Waals surface area contributed by atoms with Crippen LogP contribution in [0.4, 0.5) is 0 Å². The Kier molecular flexibility index (Phi) is 6.05. The van der Waals surface area contributed by atoms with Crippen molar-refractivity contribution in [2.75, 3.05) is 6.54 Å². The lowest BCUT2D eigenvalue weighted by Crippen LogP contribution is -2.47. The topological polar surface area (TPSA) is 29.5 Å². The number of esters is 1. The highest BCUT2D eigenvalue weighted by molar-refractivity contribution is 14.1. The van der Waals surface area contributed by atoms with Gasteiger partial charge < -0.3 is 4.74 Å². The molecule has 4 heteroatoms. The number of rotatable bonds is 4. The predicted molar refractivity (Wildman–Crippen MR) is 93.5 cm³/mol. The summed E-state index contributed by atoms with van der Waals surface area (Å²) in [6.45, 7) is 7.34. The predicted octanol–water partition coefficient (Wildman–Crippen LogP) is 4.10. The molecule has 0 bridgehead atoms. The highest BCUT2D eigenvalue weighted by Crippen LogP contribution is 2.23. The second-order valence-corrected chi connectivity index (χ2v) is 7.18. The molecule has 3 atom stereocenters. The van der Waals surface area contributed by atoms with Crippen LogP contribution < -0.4 is 0 Å². The summed E-state index contributed by atoms with van der Waals surface area (Å²) >= 11 is 2.17. The number of nitrogens with zero attached hydrogens (tertiary/aromatic N) is 1. The van der Waals surface area contributed by atoms with Gasteiger partial charge in [0.1, 0.15) is 6.10 Å². The van der Waals surface area contributed by atoms with Crippen LogP contribution in [-0.2, 0) is 4.74 Å². The van der Waals surface area contributed by atoms with E-state index in [1.54, 1.807) is 0 Å². The van der Waals surface area contributed by atoms with Crippen molar-refractivity contribution in [1.82, 2.24) is 4.90 Å². The smallest absolute Gasteiger partial charge is 0.339 e. The Bertz CT molecular complexity index is 481. The van der Waals surface area contributed by atoms with Crippen LogP contribution in [-0.4, -0.2) is 35.6 Å². The first kappa shape index (κ1) is 16.7. The maximum absolute atomic E-state index is 12.2. The van der Waals surface area contributed by atoms with Gasteiger partial charge in [-0.2, -0.15) is 0 Å². The molecular formula is C17H24INO2. The van der Waals surface area contributed by atoms with E-state index < -0.39 is 0 Å². The minimum atomic E-state index is -0.218. The van der Waals surface area contributed by atoms with Gasteiger partial charge in [-0.15, -0.1) is 0 Å². The van der Waals surface area contributed by atoms with E-state index in [0.717, 1.165) is 10.1 Å². The monoisotopic (exact) mass is 401 g/mol. The molecule has 2 rings (SSSR count). The van der Waals surface area contributed by atoms with Crippen LogP contribution in [0.1, 0.15) is 50.4 Å². The Morgan fingerprint density at radius 1 is 1.33 bits per heavy atom. The lowest BCUT2D eigenvalue weighted by Gasteiger charge is -2.40. The number of carbonyl (C=O) groups excluding carboxylic acids is 1. The van der Waals surface area contributed by atoms with Gasteiger partial charge in [0.05, 0.1) is 5.56 Å². The quantitative estimate of drug-likeness (QED) is 0.562. The normalized spacial score (nSPS) is 24.6. The molecule has 0 amide bonds. The summed E-state index contributed by atoms with van der Waals surface area (Å²) in [5.41, 5.74) is 0.657. The van der Waals surface area contributed by atoms with Gasteiger partial charge in [0.25, 0.3) is 0 Å². The third-order valence-electron chi connectivity index (χ3n) is 4.25. The van der Waals surface area contributed by atoms with Crippen molar-refractivity contribution in [3.63, 3.8) is 0 Å². The Hall–Kier alpha value is -0.620. The van der Waals surface area contributed by atoms with Crippen molar-refractivity contribution in [2.24, 2.45) is 0 Å². The van der Waals surface area contributed by atoms with Crippen LogP contribution in [0.25, 0.3) is 0 Å². The second kappa shape index (κ2) is 7.58. The third kappa shape index (κ3) is 4.42. The van der Waals surface area contributed by atoms with Crippen molar-refractivity contribution >= 4 is 28.6 Å². The summed E-state index contributed by atoms with van der Waals surface area (Å²) in [5, 5.41) is 0. The van der Waals surface area contributed by atoms with Crippen LogP contribution in [0.15, 0.2) is 24.3 Å². The number of piperidine rings is 1. The molecule has 3 nitrogen and oxygen atoms in total. The van der Waals surface area contributed by atoms with Crippen LogP contribution in [0.2, 0.25) is 0 Å². The van der Waals surface area contributed by atoms with Crippen LogP contribution in [0, 0.1) is 3.57 Å².